The molecule has 0 heterocycles. The van der Waals surface area contributed by atoms with Crippen LogP contribution in [-0.4, -0.2) is 54.1 Å². The Bertz CT molecular complexity index is 188. The predicted octanol–water partition coefficient (Wildman–Crippen LogP) is -1.01. The molecule has 0 saturated heterocycles. The van der Waals surface area contributed by atoms with E-state index in [2.05, 4.69) is 9.47 Å². The van der Waals surface area contributed by atoms with E-state index in [4.69, 9.17) is 0 Å². The van der Waals surface area contributed by atoms with Crippen LogP contribution in [-0.2, 0) is 23.9 Å². The van der Waals surface area contributed by atoms with E-state index < -0.39 is 17.9 Å². The van der Waals surface area contributed by atoms with E-state index in [1.807, 2.05) is 0 Å². The molecule has 0 spiro atoms. The first-order valence-electron chi connectivity index (χ1n) is 2.97. The maximum absolute atomic E-state index is 10.4. The molecular formula is C6H9NaO5. The molecule has 0 rings (SSSR count). The summed E-state index contributed by atoms with van der Waals surface area (Å²) in [5.74, 6) is -3.26. The van der Waals surface area contributed by atoms with Crippen molar-refractivity contribution >= 4 is 47.5 Å². The van der Waals surface area contributed by atoms with Crippen molar-refractivity contribution in [1.82, 2.24) is 0 Å². The number of hydrogen-bond donors (Lipinski definition) is 0. The standard InChI is InChI=1S/C6H8O5.Na.H/c1-3-10-5(8)6(9)11-4(2)7;;/h3H2,1-2H3;;. The summed E-state index contributed by atoms with van der Waals surface area (Å²) in [4.78, 5) is 31.0. The van der Waals surface area contributed by atoms with Gasteiger partial charge in [0.25, 0.3) is 0 Å². The van der Waals surface area contributed by atoms with Crippen LogP contribution in [0.1, 0.15) is 13.8 Å². The summed E-state index contributed by atoms with van der Waals surface area (Å²) in [6.45, 7) is 2.64. The van der Waals surface area contributed by atoms with Gasteiger partial charge in [-0.1, -0.05) is 0 Å². The molecular weight excluding hydrogens is 175 g/mol. The van der Waals surface area contributed by atoms with Crippen LogP contribution in [0.15, 0.2) is 0 Å². The van der Waals surface area contributed by atoms with Crippen molar-refractivity contribution < 1.29 is 23.9 Å². The fraction of sp³-hybridized carbons (Fsp3) is 0.500. The molecule has 0 N–H and O–H groups in total. The van der Waals surface area contributed by atoms with Gasteiger partial charge < -0.3 is 9.47 Å². The van der Waals surface area contributed by atoms with Crippen molar-refractivity contribution in [2.75, 3.05) is 6.61 Å². The topological polar surface area (TPSA) is 69.7 Å². The SMILES string of the molecule is CCOC(=O)C(=O)OC(C)=O.[NaH]. The quantitative estimate of drug-likeness (QED) is 0.226. The second-order valence-electron chi connectivity index (χ2n) is 1.60. The minimum absolute atomic E-state index is 0. The van der Waals surface area contributed by atoms with Gasteiger partial charge in [-0.05, 0) is 6.92 Å². The molecule has 0 aromatic rings. The van der Waals surface area contributed by atoms with Gasteiger partial charge in [-0.2, -0.15) is 0 Å². The Hall–Kier alpha value is -0.390. The third-order valence-corrected chi connectivity index (χ3v) is 0.679. The molecule has 0 aromatic carbocycles. The first-order chi connectivity index (χ1) is 5.07. The molecule has 0 aliphatic heterocycles. The molecule has 0 amide bonds. The molecule has 0 unspecified atom stereocenters. The first kappa shape index (κ1) is 14.2. The van der Waals surface area contributed by atoms with Gasteiger partial charge in [-0.15, -0.1) is 0 Å². The minimum atomic E-state index is -1.28. The van der Waals surface area contributed by atoms with Crippen LogP contribution in [0.4, 0.5) is 0 Å². The second-order valence-corrected chi connectivity index (χ2v) is 1.60. The average Bonchev–Trinajstić information content (AvgIpc) is 1.86. The van der Waals surface area contributed by atoms with Gasteiger partial charge in [0.2, 0.25) is 0 Å². The zero-order valence-corrected chi connectivity index (χ0v) is 6.25. The molecule has 6 heteroatoms. The summed E-state index contributed by atoms with van der Waals surface area (Å²) in [6, 6.07) is 0. The van der Waals surface area contributed by atoms with E-state index in [-0.39, 0.29) is 36.2 Å². The summed E-state index contributed by atoms with van der Waals surface area (Å²) in [7, 11) is 0. The van der Waals surface area contributed by atoms with E-state index in [1.54, 1.807) is 6.92 Å². The monoisotopic (exact) mass is 184 g/mol. The Morgan fingerprint density at radius 1 is 1.17 bits per heavy atom. The molecule has 0 aliphatic rings. The van der Waals surface area contributed by atoms with Crippen LogP contribution in [0.3, 0.4) is 0 Å². The maximum atomic E-state index is 10.4. The normalized spacial score (nSPS) is 7.83. The molecule has 0 atom stereocenters. The number of carbonyl (C=O) groups excluding carboxylic acids is 3. The van der Waals surface area contributed by atoms with Crippen molar-refractivity contribution in [3.05, 3.63) is 0 Å². The molecule has 0 fully saturated rings. The van der Waals surface area contributed by atoms with Gasteiger partial charge in [0, 0.05) is 6.92 Å². The molecule has 0 radical (unpaired) electrons. The molecule has 0 saturated carbocycles. The van der Waals surface area contributed by atoms with Crippen LogP contribution in [0.25, 0.3) is 0 Å². The fourth-order valence-electron chi connectivity index (χ4n) is 0.362. The summed E-state index contributed by atoms with van der Waals surface area (Å²) >= 11 is 0. The zero-order valence-electron chi connectivity index (χ0n) is 6.25. The summed E-state index contributed by atoms with van der Waals surface area (Å²) in [5.41, 5.74) is 0. The van der Waals surface area contributed by atoms with Crippen LogP contribution in [0, 0.1) is 0 Å². The van der Waals surface area contributed by atoms with E-state index in [1.165, 1.54) is 0 Å². The Balaban J connectivity index is 0. The first-order valence-corrected chi connectivity index (χ1v) is 2.97. The number of hydrogen-bond acceptors (Lipinski definition) is 5. The van der Waals surface area contributed by atoms with Crippen LogP contribution < -0.4 is 0 Å². The van der Waals surface area contributed by atoms with Gasteiger partial charge in [0.15, 0.2) is 0 Å². The fourth-order valence-corrected chi connectivity index (χ4v) is 0.362. The molecule has 5 nitrogen and oxygen atoms in total. The van der Waals surface area contributed by atoms with Crippen molar-refractivity contribution in [3.8, 4) is 0 Å². The zero-order chi connectivity index (χ0) is 8.85. The van der Waals surface area contributed by atoms with E-state index in [0.717, 1.165) is 6.92 Å². The van der Waals surface area contributed by atoms with Gasteiger partial charge in [0.05, 0.1) is 6.61 Å². The number of esters is 3. The number of rotatable bonds is 1. The predicted molar refractivity (Wildman–Crippen MR) is 40.6 cm³/mol. The number of carbonyl (C=O) groups is 3. The number of ether oxygens (including phenoxy) is 2. The van der Waals surface area contributed by atoms with Crippen LogP contribution in [0.2, 0.25) is 0 Å². The Morgan fingerprint density at radius 2 is 1.67 bits per heavy atom. The molecule has 0 bridgehead atoms. The summed E-state index contributed by atoms with van der Waals surface area (Å²) < 4.78 is 8.15. The Labute approximate surface area is 91.7 Å². The van der Waals surface area contributed by atoms with Crippen molar-refractivity contribution in [1.29, 1.82) is 0 Å². The molecule has 64 valence electrons. The van der Waals surface area contributed by atoms with E-state index in [0.29, 0.717) is 0 Å². The van der Waals surface area contributed by atoms with Crippen molar-refractivity contribution in [3.63, 3.8) is 0 Å². The van der Waals surface area contributed by atoms with Gasteiger partial charge in [0.1, 0.15) is 0 Å². The third kappa shape index (κ3) is 6.33. The van der Waals surface area contributed by atoms with E-state index in [9.17, 15) is 14.4 Å². The molecule has 12 heavy (non-hydrogen) atoms. The van der Waals surface area contributed by atoms with Crippen molar-refractivity contribution in [2.45, 2.75) is 13.8 Å². The summed E-state index contributed by atoms with van der Waals surface area (Å²) in [6.07, 6.45) is 0. The van der Waals surface area contributed by atoms with Gasteiger partial charge >= 0.3 is 47.5 Å². The van der Waals surface area contributed by atoms with E-state index >= 15 is 0 Å². The molecule has 0 aliphatic carbocycles. The van der Waals surface area contributed by atoms with Crippen LogP contribution in [0.5, 0.6) is 0 Å². The van der Waals surface area contributed by atoms with Gasteiger partial charge in [-0.25, -0.2) is 9.59 Å². The van der Waals surface area contributed by atoms with Crippen LogP contribution >= 0.6 is 0 Å². The molecule has 0 aromatic heterocycles. The second kappa shape index (κ2) is 7.27. The summed E-state index contributed by atoms with van der Waals surface area (Å²) in [5, 5.41) is 0. The van der Waals surface area contributed by atoms with Gasteiger partial charge in [-0.3, -0.25) is 4.79 Å². The third-order valence-electron chi connectivity index (χ3n) is 0.679. The Morgan fingerprint density at radius 3 is 2.00 bits per heavy atom. The average molecular weight is 184 g/mol. The van der Waals surface area contributed by atoms with Crippen molar-refractivity contribution in [2.24, 2.45) is 0 Å². The Kier molecular flexibility index (Phi) is 8.57.